The fourth-order valence-corrected chi connectivity index (χ4v) is 3.30. The molecule has 34 heavy (non-hydrogen) atoms. The van der Waals surface area contributed by atoms with E-state index in [0.717, 1.165) is 22.3 Å². The molecule has 0 bridgehead atoms. The second kappa shape index (κ2) is 11.7. The first kappa shape index (κ1) is 26.9. The zero-order valence-electron chi connectivity index (χ0n) is 21.2. The molecule has 174 valence electrons. The van der Waals surface area contributed by atoms with Gasteiger partial charge in [-0.05, 0) is 38.6 Å². The summed E-state index contributed by atoms with van der Waals surface area (Å²) >= 11 is 0. The maximum absolute atomic E-state index is 6.88. The van der Waals surface area contributed by atoms with E-state index in [1.807, 2.05) is 114 Å². The molecule has 5 heteroatoms. The highest BCUT2D eigenvalue weighted by molar-refractivity contribution is 6.15. The topological polar surface area (TPSA) is 64.7 Å². The highest BCUT2D eigenvalue weighted by Gasteiger charge is 2.29. The maximum Gasteiger partial charge on any atom is 0.163 e. The summed E-state index contributed by atoms with van der Waals surface area (Å²) < 4.78 is 0. The Bertz CT molecular complexity index is 1140. The number of allylic oxidation sites excluding steroid dienone is 11. The molecule has 2 radical (unpaired) electrons. The standard InChI is InChI=1S/C29H35BN4/c1-8-12-15-21(11-4)25-32-26(22(14-10-3)16-13-9-2)34-27(33-25)29(7,31)24-19-17-23(18-20-24)28(5,6)30/h8-20H,1,31H2,2-7H3/b13-9-,14-10-,15-12-,21-11+,22-16+. The molecular weight excluding hydrogens is 415 g/mol. The Morgan fingerprint density at radius 3 is 1.94 bits per heavy atom. The molecule has 1 atom stereocenters. The van der Waals surface area contributed by atoms with Crippen LogP contribution in [0.4, 0.5) is 0 Å². The van der Waals surface area contributed by atoms with Gasteiger partial charge in [0.2, 0.25) is 0 Å². The minimum atomic E-state index is -0.952. The van der Waals surface area contributed by atoms with Crippen LogP contribution in [0.25, 0.3) is 11.1 Å². The smallest absolute Gasteiger partial charge is 0.163 e. The molecule has 0 aliphatic heterocycles. The van der Waals surface area contributed by atoms with Gasteiger partial charge in [0.1, 0.15) is 0 Å². The molecule has 1 unspecified atom stereocenters. The summed E-state index contributed by atoms with van der Waals surface area (Å²) in [4.78, 5) is 14.4. The van der Waals surface area contributed by atoms with Crippen molar-refractivity contribution in [3.8, 4) is 0 Å². The van der Waals surface area contributed by atoms with Crippen molar-refractivity contribution in [1.82, 2.24) is 15.0 Å². The highest BCUT2D eigenvalue weighted by atomic mass is 15.1. The van der Waals surface area contributed by atoms with Crippen LogP contribution in [0, 0.1) is 0 Å². The fourth-order valence-electron chi connectivity index (χ4n) is 3.30. The van der Waals surface area contributed by atoms with Crippen molar-refractivity contribution in [3.05, 3.63) is 114 Å². The van der Waals surface area contributed by atoms with Gasteiger partial charge in [0.25, 0.3) is 0 Å². The summed E-state index contributed by atoms with van der Waals surface area (Å²) in [7, 11) is 6.25. The SMILES string of the molecule is [B]C(C)(C)c1ccc(C(C)(N)c2nc(C(/C=C\C=C)=C/C)nc(C(/C=C\C)=C/C=C\C)n2)cc1. The van der Waals surface area contributed by atoms with E-state index >= 15 is 0 Å². The van der Waals surface area contributed by atoms with E-state index < -0.39 is 10.9 Å². The van der Waals surface area contributed by atoms with Crippen molar-refractivity contribution in [2.24, 2.45) is 5.73 Å². The van der Waals surface area contributed by atoms with Crippen LogP contribution in [0.3, 0.4) is 0 Å². The first-order valence-electron chi connectivity index (χ1n) is 11.5. The lowest BCUT2D eigenvalue weighted by molar-refractivity contribution is 0.550. The molecule has 0 aliphatic rings. The second-order valence-electron chi connectivity index (χ2n) is 8.79. The van der Waals surface area contributed by atoms with Crippen LogP contribution in [0.5, 0.6) is 0 Å². The van der Waals surface area contributed by atoms with Crippen LogP contribution in [-0.2, 0) is 10.9 Å². The number of aromatic nitrogens is 3. The molecule has 2 rings (SSSR count). The molecule has 0 amide bonds. The summed E-state index contributed by atoms with van der Waals surface area (Å²) in [6, 6.07) is 7.99. The molecule has 0 fully saturated rings. The largest absolute Gasteiger partial charge is 0.315 e. The van der Waals surface area contributed by atoms with Gasteiger partial charge in [-0.25, -0.2) is 15.0 Å². The van der Waals surface area contributed by atoms with Crippen LogP contribution < -0.4 is 5.73 Å². The molecular formula is C29H35BN4. The lowest BCUT2D eigenvalue weighted by atomic mass is 9.67. The van der Waals surface area contributed by atoms with Gasteiger partial charge in [-0.1, -0.05) is 105 Å². The summed E-state index contributed by atoms with van der Waals surface area (Å²) in [5.41, 5.74) is 9.56. The molecule has 0 aliphatic carbocycles. The Hall–Kier alpha value is -3.31. The Kier molecular flexibility index (Phi) is 9.28. The van der Waals surface area contributed by atoms with Gasteiger partial charge in [-0.2, -0.15) is 0 Å². The van der Waals surface area contributed by atoms with E-state index in [0.29, 0.717) is 17.5 Å². The van der Waals surface area contributed by atoms with Crippen LogP contribution in [0.2, 0.25) is 0 Å². The zero-order chi connectivity index (χ0) is 25.4. The van der Waals surface area contributed by atoms with E-state index in [2.05, 4.69) is 6.58 Å². The molecule has 0 saturated carbocycles. The van der Waals surface area contributed by atoms with Crippen LogP contribution in [-0.4, -0.2) is 22.8 Å². The molecule has 1 aromatic heterocycles. The molecule has 0 saturated heterocycles. The predicted octanol–water partition coefficient (Wildman–Crippen LogP) is 6.18. The minimum absolute atomic E-state index is 0.436. The molecule has 4 nitrogen and oxygen atoms in total. The zero-order valence-corrected chi connectivity index (χ0v) is 21.2. The average Bonchev–Trinajstić information content (AvgIpc) is 2.81. The van der Waals surface area contributed by atoms with E-state index in [1.165, 1.54) is 0 Å². The summed E-state index contributed by atoms with van der Waals surface area (Å²) in [5, 5.41) is -0.436. The third kappa shape index (κ3) is 6.61. The number of hydrogen-bond donors (Lipinski definition) is 1. The van der Waals surface area contributed by atoms with Crippen LogP contribution in [0.15, 0.2) is 85.5 Å². The monoisotopic (exact) mass is 450 g/mol. The number of benzene rings is 1. The van der Waals surface area contributed by atoms with Crippen LogP contribution >= 0.6 is 0 Å². The minimum Gasteiger partial charge on any atom is -0.315 e. The van der Waals surface area contributed by atoms with Crippen molar-refractivity contribution in [1.29, 1.82) is 0 Å². The average molecular weight is 450 g/mol. The summed E-state index contributed by atoms with van der Waals surface area (Å²) in [6.07, 6.45) is 17.3. The van der Waals surface area contributed by atoms with Crippen molar-refractivity contribution in [2.75, 3.05) is 0 Å². The van der Waals surface area contributed by atoms with Gasteiger partial charge in [-0.3, -0.25) is 0 Å². The molecule has 1 aromatic carbocycles. The van der Waals surface area contributed by atoms with Gasteiger partial charge in [-0.15, -0.1) is 0 Å². The Morgan fingerprint density at radius 1 is 0.853 bits per heavy atom. The Labute approximate surface area is 206 Å². The Balaban J connectivity index is 2.75. The molecule has 1 heterocycles. The van der Waals surface area contributed by atoms with E-state index in [9.17, 15) is 0 Å². The number of rotatable bonds is 9. The lowest BCUT2D eigenvalue weighted by Gasteiger charge is -2.26. The van der Waals surface area contributed by atoms with Gasteiger partial charge in [0, 0.05) is 11.1 Å². The Morgan fingerprint density at radius 2 is 1.44 bits per heavy atom. The van der Waals surface area contributed by atoms with E-state index in [-0.39, 0.29) is 0 Å². The second-order valence-corrected chi connectivity index (χ2v) is 8.79. The molecule has 2 N–H and O–H groups in total. The van der Waals surface area contributed by atoms with Crippen molar-refractivity contribution >= 4 is 19.0 Å². The highest BCUT2D eigenvalue weighted by Crippen LogP contribution is 2.29. The normalized spacial score (nSPS) is 15.4. The third-order valence-corrected chi connectivity index (χ3v) is 5.38. The molecule has 0 spiro atoms. The van der Waals surface area contributed by atoms with Crippen molar-refractivity contribution in [2.45, 2.75) is 52.4 Å². The first-order valence-corrected chi connectivity index (χ1v) is 11.5. The molecule has 2 aromatic rings. The van der Waals surface area contributed by atoms with Crippen molar-refractivity contribution in [3.63, 3.8) is 0 Å². The first-order chi connectivity index (χ1) is 16.1. The van der Waals surface area contributed by atoms with E-state index in [4.69, 9.17) is 28.5 Å². The number of nitrogens with zero attached hydrogens (tertiary/aromatic N) is 3. The van der Waals surface area contributed by atoms with Gasteiger partial charge >= 0.3 is 0 Å². The number of nitrogens with two attached hydrogens (primary N) is 1. The van der Waals surface area contributed by atoms with E-state index in [1.54, 1.807) is 6.08 Å². The summed E-state index contributed by atoms with van der Waals surface area (Å²) in [5.74, 6) is 1.58. The van der Waals surface area contributed by atoms with Gasteiger partial charge in [0.05, 0.1) is 13.4 Å². The number of hydrogen-bond acceptors (Lipinski definition) is 4. The summed E-state index contributed by atoms with van der Waals surface area (Å²) in [6.45, 7) is 15.5. The lowest BCUT2D eigenvalue weighted by Crippen LogP contribution is -2.37. The van der Waals surface area contributed by atoms with Gasteiger partial charge in [0.15, 0.2) is 17.5 Å². The van der Waals surface area contributed by atoms with Gasteiger partial charge < -0.3 is 5.73 Å². The quantitative estimate of drug-likeness (QED) is 0.366. The maximum atomic E-state index is 6.88. The van der Waals surface area contributed by atoms with Crippen molar-refractivity contribution < 1.29 is 0 Å². The van der Waals surface area contributed by atoms with Crippen LogP contribution in [0.1, 0.15) is 70.1 Å². The third-order valence-electron chi connectivity index (χ3n) is 5.38. The predicted molar refractivity (Wildman–Crippen MR) is 146 cm³/mol. The fraction of sp³-hybridized carbons (Fsp3) is 0.276.